The van der Waals surface area contributed by atoms with Gasteiger partial charge < -0.3 is 9.72 Å². The second-order valence-electron chi connectivity index (χ2n) is 4.32. The van der Waals surface area contributed by atoms with Crippen molar-refractivity contribution in [3.63, 3.8) is 0 Å². The van der Waals surface area contributed by atoms with E-state index in [-0.39, 0.29) is 5.97 Å². The van der Waals surface area contributed by atoms with Gasteiger partial charge in [0.2, 0.25) is 0 Å². The van der Waals surface area contributed by atoms with Crippen LogP contribution in [-0.2, 0) is 4.74 Å². The molecule has 1 N–H and O–H groups in total. The van der Waals surface area contributed by atoms with E-state index in [4.69, 9.17) is 10.00 Å². The first-order chi connectivity index (χ1) is 10.2. The van der Waals surface area contributed by atoms with E-state index in [2.05, 4.69) is 16.0 Å². The zero-order valence-electron chi connectivity index (χ0n) is 11.2. The third-order valence-corrected chi connectivity index (χ3v) is 4.06. The average Bonchev–Trinajstić information content (AvgIpc) is 3.13. The van der Waals surface area contributed by atoms with E-state index in [1.165, 1.54) is 17.5 Å². The third-order valence-electron chi connectivity index (χ3n) is 3.03. The Bertz CT molecular complexity index is 857. The van der Waals surface area contributed by atoms with Crippen LogP contribution < -0.4 is 0 Å². The summed E-state index contributed by atoms with van der Waals surface area (Å²) in [6.07, 6.45) is 3.20. The van der Waals surface area contributed by atoms with Crippen molar-refractivity contribution in [2.24, 2.45) is 0 Å². The van der Waals surface area contributed by atoms with Crippen LogP contribution in [0.5, 0.6) is 0 Å². The molecule has 0 saturated heterocycles. The lowest BCUT2D eigenvalue weighted by atomic mass is 10.1. The molecule has 3 aromatic rings. The number of hydrogen-bond donors (Lipinski definition) is 1. The molecule has 0 fully saturated rings. The van der Waals surface area contributed by atoms with Gasteiger partial charge in [-0.2, -0.15) is 5.26 Å². The highest BCUT2D eigenvalue weighted by atomic mass is 32.1. The first-order valence-electron chi connectivity index (χ1n) is 6.37. The lowest BCUT2D eigenvalue weighted by Crippen LogP contribution is -2.01. The van der Waals surface area contributed by atoms with Gasteiger partial charge in [0.25, 0.3) is 0 Å². The number of aromatic amines is 1. The molecule has 2 heterocycles. The number of esters is 1. The normalized spacial score (nSPS) is 10.5. The van der Waals surface area contributed by atoms with E-state index in [1.54, 1.807) is 13.1 Å². The largest absolute Gasteiger partial charge is 0.462 e. The molecule has 2 aromatic heterocycles. The van der Waals surface area contributed by atoms with Crippen molar-refractivity contribution in [3.05, 3.63) is 41.0 Å². The minimum Gasteiger partial charge on any atom is -0.462 e. The predicted molar refractivity (Wildman–Crippen MR) is 80.1 cm³/mol. The molecule has 0 amide bonds. The minimum atomic E-state index is -0.360. The first kappa shape index (κ1) is 13.3. The van der Waals surface area contributed by atoms with Crippen LogP contribution in [0.25, 0.3) is 21.5 Å². The van der Waals surface area contributed by atoms with Crippen LogP contribution in [0.4, 0.5) is 0 Å². The molecule has 0 atom stereocenters. The van der Waals surface area contributed by atoms with Gasteiger partial charge >= 0.3 is 5.97 Å². The van der Waals surface area contributed by atoms with E-state index < -0.39 is 0 Å². The lowest BCUT2D eigenvalue weighted by molar-refractivity contribution is 0.0532. The molecule has 0 aliphatic heterocycles. The maximum atomic E-state index is 11.7. The Morgan fingerprint density at radius 1 is 1.52 bits per heavy atom. The van der Waals surface area contributed by atoms with E-state index >= 15 is 0 Å². The number of H-pyrrole nitrogens is 1. The summed E-state index contributed by atoms with van der Waals surface area (Å²) in [4.78, 5) is 19.4. The molecule has 0 bridgehead atoms. The van der Waals surface area contributed by atoms with Gasteiger partial charge in [0, 0.05) is 22.7 Å². The Morgan fingerprint density at radius 3 is 3.14 bits per heavy atom. The number of rotatable bonds is 3. The topological polar surface area (TPSA) is 78.8 Å². The summed E-state index contributed by atoms with van der Waals surface area (Å²) in [7, 11) is 0. The molecule has 5 nitrogen and oxygen atoms in total. The van der Waals surface area contributed by atoms with Gasteiger partial charge in [-0.3, -0.25) is 0 Å². The van der Waals surface area contributed by atoms with Crippen LogP contribution in [-0.4, -0.2) is 22.5 Å². The number of nitriles is 1. The molecular formula is C15H11N3O2S. The summed E-state index contributed by atoms with van der Waals surface area (Å²) >= 11 is 1.28. The highest BCUT2D eigenvalue weighted by Crippen LogP contribution is 2.29. The van der Waals surface area contributed by atoms with E-state index in [0.717, 1.165) is 21.5 Å². The number of benzene rings is 1. The molecule has 0 aliphatic rings. The van der Waals surface area contributed by atoms with E-state index in [9.17, 15) is 4.79 Å². The minimum absolute atomic E-state index is 0.340. The Morgan fingerprint density at radius 2 is 2.38 bits per heavy atom. The number of thiazole rings is 1. The Kier molecular flexibility index (Phi) is 3.42. The molecule has 6 heteroatoms. The maximum absolute atomic E-state index is 11.7. The molecule has 104 valence electrons. The molecule has 0 unspecified atom stereocenters. The Hall–Kier alpha value is -2.65. The molecule has 0 saturated carbocycles. The van der Waals surface area contributed by atoms with Crippen molar-refractivity contribution in [2.75, 3.05) is 6.61 Å². The fourth-order valence-corrected chi connectivity index (χ4v) is 2.86. The molecule has 21 heavy (non-hydrogen) atoms. The summed E-state index contributed by atoms with van der Waals surface area (Å²) in [5.41, 5.74) is 2.37. The van der Waals surface area contributed by atoms with Gasteiger partial charge in [-0.1, -0.05) is 0 Å². The quantitative estimate of drug-likeness (QED) is 0.752. The van der Waals surface area contributed by atoms with E-state index in [0.29, 0.717) is 17.0 Å². The van der Waals surface area contributed by atoms with Crippen LogP contribution >= 0.6 is 11.3 Å². The fourth-order valence-electron chi connectivity index (χ4n) is 2.05. The van der Waals surface area contributed by atoms with Crippen molar-refractivity contribution in [1.82, 2.24) is 9.97 Å². The lowest BCUT2D eigenvalue weighted by Gasteiger charge is -1.98. The van der Waals surface area contributed by atoms with Gasteiger partial charge in [-0.25, -0.2) is 9.78 Å². The smallest absolute Gasteiger partial charge is 0.349 e. The van der Waals surface area contributed by atoms with Gasteiger partial charge in [0.1, 0.15) is 16.0 Å². The number of hydrogen-bond acceptors (Lipinski definition) is 5. The second-order valence-corrected chi connectivity index (χ2v) is 5.36. The average molecular weight is 297 g/mol. The third kappa shape index (κ3) is 2.39. The molecule has 3 rings (SSSR count). The Labute approximate surface area is 124 Å². The molecule has 0 radical (unpaired) electrons. The monoisotopic (exact) mass is 297 g/mol. The van der Waals surface area contributed by atoms with Crippen LogP contribution in [0.1, 0.15) is 22.2 Å². The summed E-state index contributed by atoms with van der Waals surface area (Å²) in [5, 5.41) is 10.7. The second kappa shape index (κ2) is 5.38. The standard InChI is InChI=1S/C15H11N3O2S/c1-2-20-15(19)13-8-18-14(21-13)9-3-4-12-11(5-9)10(6-16)7-17-12/h3-5,7-8,17H,2H2,1H3. The molecule has 1 aromatic carbocycles. The van der Waals surface area contributed by atoms with Crippen molar-refractivity contribution in [3.8, 4) is 16.6 Å². The number of fused-ring (bicyclic) bond motifs is 1. The van der Waals surface area contributed by atoms with Crippen molar-refractivity contribution in [2.45, 2.75) is 6.92 Å². The number of carbonyl (C=O) groups is 1. The van der Waals surface area contributed by atoms with Crippen LogP contribution in [0.3, 0.4) is 0 Å². The fraction of sp³-hybridized carbons (Fsp3) is 0.133. The summed E-state index contributed by atoms with van der Waals surface area (Å²) in [5.74, 6) is -0.360. The maximum Gasteiger partial charge on any atom is 0.349 e. The van der Waals surface area contributed by atoms with Gasteiger partial charge in [-0.15, -0.1) is 11.3 Å². The van der Waals surface area contributed by atoms with Crippen molar-refractivity contribution >= 4 is 28.2 Å². The predicted octanol–water partition coefficient (Wildman–Crippen LogP) is 3.34. The van der Waals surface area contributed by atoms with Crippen LogP contribution in [0.15, 0.2) is 30.6 Å². The van der Waals surface area contributed by atoms with Crippen LogP contribution in [0.2, 0.25) is 0 Å². The molecule has 0 spiro atoms. The highest BCUT2D eigenvalue weighted by Gasteiger charge is 2.13. The zero-order chi connectivity index (χ0) is 14.8. The highest BCUT2D eigenvalue weighted by molar-refractivity contribution is 7.16. The first-order valence-corrected chi connectivity index (χ1v) is 7.19. The van der Waals surface area contributed by atoms with Gasteiger partial charge in [0.15, 0.2) is 0 Å². The van der Waals surface area contributed by atoms with Crippen molar-refractivity contribution < 1.29 is 9.53 Å². The van der Waals surface area contributed by atoms with Crippen molar-refractivity contribution in [1.29, 1.82) is 5.26 Å². The number of ether oxygens (including phenoxy) is 1. The molecular weight excluding hydrogens is 286 g/mol. The number of aromatic nitrogens is 2. The SMILES string of the molecule is CCOC(=O)c1cnc(-c2ccc3[nH]cc(C#N)c3c2)s1. The number of nitrogens with one attached hydrogen (secondary N) is 1. The van der Waals surface area contributed by atoms with Gasteiger partial charge in [-0.05, 0) is 25.1 Å². The zero-order valence-corrected chi connectivity index (χ0v) is 12.0. The number of nitrogens with zero attached hydrogens (tertiary/aromatic N) is 2. The van der Waals surface area contributed by atoms with Crippen LogP contribution in [0, 0.1) is 11.3 Å². The summed E-state index contributed by atoms with van der Waals surface area (Å²) < 4.78 is 4.95. The summed E-state index contributed by atoms with van der Waals surface area (Å²) in [6.45, 7) is 2.11. The molecule has 0 aliphatic carbocycles. The number of carbonyl (C=O) groups excluding carboxylic acids is 1. The Balaban J connectivity index is 2.01. The van der Waals surface area contributed by atoms with E-state index in [1.807, 2.05) is 18.2 Å². The summed E-state index contributed by atoms with van der Waals surface area (Å²) in [6, 6.07) is 7.86. The van der Waals surface area contributed by atoms with Gasteiger partial charge in [0.05, 0.1) is 18.4 Å².